The molecule has 1 saturated heterocycles. The number of carboxylic acids is 1. The zero-order chi connectivity index (χ0) is 10.1. The third-order valence-electron chi connectivity index (χ3n) is 1.08. The van der Waals surface area contributed by atoms with Gasteiger partial charge in [0, 0.05) is 0 Å². The van der Waals surface area contributed by atoms with Crippen molar-refractivity contribution in [1.29, 1.82) is 0 Å². The van der Waals surface area contributed by atoms with Crippen molar-refractivity contribution in [3.8, 4) is 0 Å². The van der Waals surface area contributed by atoms with E-state index in [1.54, 1.807) is 0 Å². The van der Waals surface area contributed by atoms with Crippen LogP contribution in [0.4, 0.5) is 0 Å². The molecule has 8 nitrogen and oxygen atoms in total. The minimum absolute atomic E-state index is 0.586. The van der Waals surface area contributed by atoms with E-state index in [9.17, 15) is 13.9 Å². The molecule has 0 aromatic heterocycles. The Balaban J connectivity index is 2.79. The van der Waals surface area contributed by atoms with Crippen LogP contribution in [-0.2, 0) is 27.3 Å². The van der Waals surface area contributed by atoms with Gasteiger partial charge in [-0.2, -0.15) is 0 Å². The summed E-state index contributed by atoms with van der Waals surface area (Å²) in [4.78, 5) is 19.1. The van der Waals surface area contributed by atoms with E-state index in [2.05, 4.69) is 13.4 Å². The van der Waals surface area contributed by atoms with Gasteiger partial charge in [-0.3, -0.25) is 9.09 Å². The molecular weight excluding hydrogens is 226 g/mol. The molecule has 0 saturated carbocycles. The van der Waals surface area contributed by atoms with E-state index in [4.69, 9.17) is 10.00 Å². The highest BCUT2D eigenvalue weighted by Gasteiger charge is 2.36. The summed E-state index contributed by atoms with van der Waals surface area (Å²) in [6.45, 7) is -0.586. The number of rotatable bonds is 1. The van der Waals surface area contributed by atoms with E-state index in [0.29, 0.717) is 0 Å². The lowest BCUT2D eigenvalue weighted by molar-refractivity contribution is -0.146. The SMILES string of the molecule is O=C(O)C1CO[PH](=O)OP(=O)(O)O1. The summed E-state index contributed by atoms with van der Waals surface area (Å²) in [5.74, 6) is -1.49. The molecule has 0 aromatic rings. The third-order valence-corrected chi connectivity index (χ3v) is 3.52. The van der Waals surface area contributed by atoms with Crippen LogP contribution < -0.4 is 0 Å². The Morgan fingerprint density at radius 1 is 1.62 bits per heavy atom. The number of carboxylic acid groups (broad SMARTS) is 1. The third kappa shape index (κ3) is 3.19. The summed E-state index contributed by atoms with van der Waals surface area (Å²) in [5, 5.41) is 8.40. The highest BCUT2D eigenvalue weighted by molar-refractivity contribution is 7.56. The first-order valence-electron chi connectivity index (χ1n) is 3.01. The summed E-state index contributed by atoms with van der Waals surface area (Å²) in [6.07, 6.45) is -1.65. The lowest BCUT2D eigenvalue weighted by Gasteiger charge is -2.09. The maximum atomic E-state index is 10.8. The van der Waals surface area contributed by atoms with E-state index in [1.807, 2.05) is 0 Å². The molecule has 1 rings (SSSR count). The quantitative estimate of drug-likeness (QED) is 0.605. The van der Waals surface area contributed by atoms with Crippen molar-refractivity contribution in [3.05, 3.63) is 0 Å². The van der Waals surface area contributed by atoms with E-state index in [1.165, 1.54) is 0 Å². The predicted octanol–water partition coefficient (Wildman–Crippen LogP) is -0.00690. The summed E-state index contributed by atoms with van der Waals surface area (Å²) in [5.41, 5.74) is 0. The van der Waals surface area contributed by atoms with Crippen LogP contribution in [0.1, 0.15) is 0 Å². The van der Waals surface area contributed by atoms with Gasteiger partial charge in [0.2, 0.25) is 0 Å². The molecule has 0 spiro atoms. The summed E-state index contributed by atoms with van der Waals surface area (Å²) < 4.78 is 33.7. The van der Waals surface area contributed by atoms with E-state index < -0.39 is 34.8 Å². The molecule has 0 bridgehead atoms. The second-order valence-electron chi connectivity index (χ2n) is 2.05. The van der Waals surface area contributed by atoms with Crippen LogP contribution in [0.15, 0.2) is 0 Å². The van der Waals surface area contributed by atoms with Gasteiger partial charge in [-0.25, -0.2) is 13.7 Å². The van der Waals surface area contributed by atoms with E-state index in [0.717, 1.165) is 0 Å². The summed E-state index contributed by atoms with van der Waals surface area (Å²) in [6, 6.07) is 0. The minimum atomic E-state index is -4.57. The molecule has 2 N–H and O–H groups in total. The van der Waals surface area contributed by atoms with Crippen molar-refractivity contribution in [1.82, 2.24) is 0 Å². The van der Waals surface area contributed by atoms with Gasteiger partial charge >= 0.3 is 22.0 Å². The fourth-order valence-corrected chi connectivity index (χ4v) is 2.49. The van der Waals surface area contributed by atoms with Crippen molar-refractivity contribution in [3.63, 3.8) is 0 Å². The van der Waals surface area contributed by atoms with Crippen molar-refractivity contribution in [2.75, 3.05) is 6.61 Å². The van der Waals surface area contributed by atoms with Crippen LogP contribution in [0, 0.1) is 0 Å². The predicted molar refractivity (Wildman–Crippen MR) is 38.4 cm³/mol. The molecule has 3 atom stereocenters. The number of aliphatic carboxylic acids is 1. The largest absolute Gasteiger partial charge is 0.480 e. The van der Waals surface area contributed by atoms with Crippen molar-refractivity contribution in [2.45, 2.75) is 6.10 Å². The molecule has 0 radical (unpaired) electrons. The normalized spacial score (nSPS) is 41.0. The molecular formula is C3H6O8P2. The van der Waals surface area contributed by atoms with Crippen LogP contribution in [0.5, 0.6) is 0 Å². The van der Waals surface area contributed by atoms with Crippen LogP contribution >= 0.6 is 16.1 Å². The zero-order valence-corrected chi connectivity index (χ0v) is 7.97. The van der Waals surface area contributed by atoms with Gasteiger partial charge < -0.3 is 14.5 Å². The minimum Gasteiger partial charge on any atom is -0.479 e. The molecule has 10 heteroatoms. The van der Waals surface area contributed by atoms with Crippen molar-refractivity contribution >= 4 is 22.0 Å². The van der Waals surface area contributed by atoms with Crippen LogP contribution in [0.2, 0.25) is 0 Å². The Hall–Kier alpha value is -0.230. The molecule has 0 aromatic carbocycles. The fraction of sp³-hybridized carbons (Fsp3) is 0.667. The lowest BCUT2D eigenvalue weighted by atomic mass is 10.4. The van der Waals surface area contributed by atoms with E-state index >= 15 is 0 Å². The molecule has 3 unspecified atom stereocenters. The Bertz CT molecular complexity index is 285. The van der Waals surface area contributed by atoms with Gasteiger partial charge in [0.05, 0.1) is 6.61 Å². The Morgan fingerprint density at radius 2 is 2.23 bits per heavy atom. The van der Waals surface area contributed by atoms with Gasteiger partial charge in [-0.1, -0.05) is 0 Å². The summed E-state index contributed by atoms with van der Waals surface area (Å²) in [7, 11) is -7.72. The summed E-state index contributed by atoms with van der Waals surface area (Å²) >= 11 is 0. The molecule has 76 valence electrons. The molecule has 1 aliphatic heterocycles. The molecule has 0 aliphatic carbocycles. The highest BCUT2D eigenvalue weighted by Crippen LogP contribution is 2.55. The number of hydrogen-bond acceptors (Lipinski definition) is 6. The average Bonchev–Trinajstić information content (AvgIpc) is 2.07. The van der Waals surface area contributed by atoms with Crippen molar-refractivity contribution in [2.24, 2.45) is 0 Å². The zero-order valence-electron chi connectivity index (χ0n) is 6.08. The molecule has 1 fully saturated rings. The Kier molecular flexibility index (Phi) is 3.23. The number of phosphoric ester groups is 1. The smallest absolute Gasteiger partial charge is 0.479 e. The molecule has 1 heterocycles. The first kappa shape index (κ1) is 10.8. The van der Waals surface area contributed by atoms with E-state index in [-0.39, 0.29) is 0 Å². The van der Waals surface area contributed by atoms with Crippen LogP contribution in [0.25, 0.3) is 0 Å². The Labute approximate surface area is 73.0 Å². The Morgan fingerprint density at radius 3 is 2.77 bits per heavy atom. The molecule has 13 heavy (non-hydrogen) atoms. The highest BCUT2D eigenvalue weighted by atomic mass is 31.2. The van der Waals surface area contributed by atoms with Crippen LogP contribution in [-0.4, -0.2) is 28.7 Å². The lowest BCUT2D eigenvalue weighted by Crippen LogP contribution is -2.25. The van der Waals surface area contributed by atoms with Gasteiger partial charge in [0.1, 0.15) is 0 Å². The van der Waals surface area contributed by atoms with Gasteiger partial charge in [-0.05, 0) is 0 Å². The second kappa shape index (κ2) is 3.88. The maximum absolute atomic E-state index is 10.8. The van der Waals surface area contributed by atoms with Gasteiger partial charge in [0.25, 0.3) is 0 Å². The van der Waals surface area contributed by atoms with Gasteiger partial charge in [-0.15, -0.1) is 0 Å². The van der Waals surface area contributed by atoms with Crippen molar-refractivity contribution < 1.29 is 37.3 Å². The fourth-order valence-electron chi connectivity index (χ4n) is 0.593. The number of hydrogen-bond donors (Lipinski definition) is 2. The average molecular weight is 232 g/mol. The number of carbonyl (C=O) groups is 1. The topological polar surface area (TPSA) is 119 Å². The first-order valence-corrected chi connectivity index (χ1v) is 5.73. The second-order valence-corrected chi connectivity index (χ2v) is 4.72. The monoisotopic (exact) mass is 232 g/mol. The first-order chi connectivity index (χ1) is 5.91. The number of phosphoric acid groups is 1. The van der Waals surface area contributed by atoms with Gasteiger partial charge in [0.15, 0.2) is 6.10 Å². The molecule has 0 amide bonds. The standard InChI is InChI=1S/C3H6O8P2/c4-3(5)2-1-9-12(6)11-13(7,8)10-2/h2,12H,1H2,(H,4,5)(H,7,8). The van der Waals surface area contributed by atoms with Crippen LogP contribution in [0.3, 0.4) is 0 Å². The maximum Gasteiger partial charge on any atom is 0.480 e. The molecule has 1 aliphatic rings.